The lowest BCUT2D eigenvalue weighted by atomic mass is 10.1. The molecule has 3 aromatic rings. The first-order valence-electron chi connectivity index (χ1n) is 32.7. The van der Waals surface area contributed by atoms with Gasteiger partial charge in [-0.3, -0.25) is 82.3 Å². The molecule has 0 saturated carbocycles. The number of hydrogen-bond donors (Lipinski definition) is 6. The molecule has 27 nitrogen and oxygen atoms in total. The Morgan fingerprint density at radius 1 is 0.708 bits per heavy atom. The Morgan fingerprint density at radius 2 is 1.33 bits per heavy atom. The van der Waals surface area contributed by atoms with E-state index in [1.165, 1.54) is 28.9 Å². The molecule has 4 aliphatic heterocycles. The molecular formula is C65H88F2IN13O14S. The van der Waals surface area contributed by atoms with Crippen LogP contribution in [0.2, 0.25) is 0 Å². The molecule has 2 aromatic carbocycles. The van der Waals surface area contributed by atoms with E-state index in [2.05, 4.69) is 60.6 Å². The third-order valence-electron chi connectivity index (χ3n) is 17.3. The number of aromatic nitrogens is 1. The normalized spacial score (nSPS) is 19.1. The standard InChI is InChI=1S/C65H88F2IN13O14S/c66-65(67)37-49(38-69)81(45-65)59(86)39-72-63(93)51-17-19-70-53-16-15-50(35-52(51)53)95-34-4-3-20-74-30-32-79(33-31-74)57(84)10-6-21-80-58(85)36-54(64(80)94)96-44-48(8-1-2-18-71-55(82)9-5-7-46-11-13-47(68)14-12-46)73-56(83)40-75-22-24-76(41-60(87)88)26-28-78(43-62(91)92)29-27-77(25-23-75)42-61(89)90/h11-17,19,35,48-49,54H,1-10,18,20-34,36-37,39-45H2,(H,71,82)(H,72,93)(H,73,83)(H,87,88)(H,89,90)(H,91,92)/t48?,49-,54?/m1/s1. The average molecular weight is 1470 g/mol. The van der Waals surface area contributed by atoms with E-state index in [0.717, 1.165) is 33.4 Å². The van der Waals surface area contributed by atoms with E-state index in [1.54, 1.807) is 43.9 Å². The molecule has 6 N–H and O–H groups in total. The smallest absolute Gasteiger partial charge is 0.317 e. The first-order chi connectivity index (χ1) is 46.0. The van der Waals surface area contributed by atoms with Gasteiger partial charge in [0, 0.05) is 144 Å². The first kappa shape index (κ1) is 76.2. The number of unbranched alkanes of at least 4 members (excludes halogenated alkanes) is 2. The number of benzene rings is 2. The fraction of sp³-hybridized carbons (Fsp3) is 0.600. The van der Waals surface area contributed by atoms with Crippen molar-refractivity contribution in [2.45, 2.75) is 100 Å². The highest BCUT2D eigenvalue weighted by molar-refractivity contribution is 14.1. The van der Waals surface area contributed by atoms with Gasteiger partial charge in [0.2, 0.25) is 35.4 Å². The molecule has 0 radical (unpaired) electrons. The predicted octanol–water partition coefficient (Wildman–Crippen LogP) is 2.54. The molecule has 2 unspecified atom stereocenters. The number of amides is 7. The van der Waals surface area contributed by atoms with Gasteiger partial charge >= 0.3 is 17.9 Å². The number of imide groups is 1. The van der Waals surface area contributed by atoms with Crippen LogP contribution in [-0.2, 0) is 49.6 Å². The number of thioether (sulfide) groups is 1. The summed E-state index contributed by atoms with van der Waals surface area (Å²) in [4.78, 5) is 146. The van der Waals surface area contributed by atoms with Gasteiger partial charge in [-0.25, -0.2) is 8.78 Å². The Morgan fingerprint density at radius 3 is 1.96 bits per heavy atom. The lowest BCUT2D eigenvalue weighted by Gasteiger charge is -2.35. The summed E-state index contributed by atoms with van der Waals surface area (Å²) in [7, 11) is 0. The molecule has 7 rings (SSSR count). The van der Waals surface area contributed by atoms with Gasteiger partial charge in [0.05, 0.1) is 68.3 Å². The Labute approximate surface area is 575 Å². The number of pyridine rings is 1. The second-order valence-electron chi connectivity index (χ2n) is 24.6. The van der Waals surface area contributed by atoms with Gasteiger partial charge in [0.15, 0.2) is 0 Å². The highest BCUT2D eigenvalue weighted by atomic mass is 127. The van der Waals surface area contributed by atoms with Crippen LogP contribution < -0.4 is 20.7 Å². The summed E-state index contributed by atoms with van der Waals surface area (Å²) < 4.78 is 35.0. The Kier molecular flexibility index (Phi) is 30.7. The van der Waals surface area contributed by atoms with Gasteiger partial charge in [0.25, 0.3) is 11.8 Å². The zero-order chi connectivity index (χ0) is 69.2. The van der Waals surface area contributed by atoms with Crippen molar-refractivity contribution in [3.8, 4) is 11.8 Å². The van der Waals surface area contributed by atoms with Crippen LogP contribution in [0.25, 0.3) is 10.9 Å². The third kappa shape index (κ3) is 25.7. The van der Waals surface area contributed by atoms with Crippen LogP contribution >= 0.6 is 34.4 Å². The molecule has 31 heteroatoms. The van der Waals surface area contributed by atoms with Crippen molar-refractivity contribution in [1.82, 2.24) is 60.1 Å². The van der Waals surface area contributed by atoms with Crippen LogP contribution in [0.4, 0.5) is 8.78 Å². The number of nitrogens with zero attached hydrogens (tertiary/aromatic N) is 10. The molecule has 5 heterocycles. The Balaban J connectivity index is 0.839. The van der Waals surface area contributed by atoms with E-state index in [0.29, 0.717) is 94.5 Å². The van der Waals surface area contributed by atoms with Crippen molar-refractivity contribution in [1.29, 1.82) is 5.26 Å². The highest BCUT2D eigenvalue weighted by Crippen LogP contribution is 2.32. The van der Waals surface area contributed by atoms with Crippen LogP contribution in [0.3, 0.4) is 0 Å². The Bertz CT molecular complexity index is 3190. The van der Waals surface area contributed by atoms with Crippen LogP contribution in [-0.4, -0.2) is 292 Å². The molecule has 4 saturated heterocycles. The molecule has 0 bridgehead atoms. The number of alkyl halides is 2. The highest BCUT2D eigenvalue weighted by Gasteiger charge is 2.47. The minimum atomic E-state index is -3.18. The third-order valence-corrected chi connectivity index (χ3v) is 19.3. The van der Waals surface area contributed by atoms with Crippen LogP contribution in [0, 0.1) is 14.9 Å². The molecule has 3 atom stereocenters. The first-order valence-corrected chi connectivity index (χ1v) is 34.8. The molecule has 96 heavy (non-hydrogen) atoms. The number of rotatable bonds is 34. The van der Waals surface area contributed by atoms with Crippen molar-refractivity contribution in [2.24, 2.45) is 0 Å². The largest absolute Gasteiger partial charge is 0.494 e. The second kappa shape index (κ2) is 38.7. The summed E-state index contributed by atoms with van der Waals surface area (Å²) in [6, 6.07) is 14.7. The van der Waals surface area contributed by atoms with Crippen molar-refractivity contribution in [2.75, 3.05) is 150 Å². The summed E-state index contributed by atoms with van der Waals surface area (Å²) in [5.74, 6) is -8.21. The van der Waals surface area contributed by atoms with E-state index >= 15 is 0 Å². The number of aliphatic carboxylic acids is 3. The maximum Gasteiger partial charge on any atom is 0.317 e. The molecule has 7 amide bonds. The number of carboxylic acid groups (broad SMARTS) is 3. The monoisotopic (exact) mass is 1470 g/mol. The van der Waals surface area contributed by atoms with Gasteiger partial charge in [-0.15, -0.1) is 11.8 Å². The summed E-state index contributed by atoms with van der Waals surface area (Å²) in [5.41, 5.74) is 1.87. The van der Waals surface area contributed by atoms with Gasteiger partial charge in [-0.2, -0.15) is 5.26 Å². The summed E-state index contributed by atoms with van der Waals surface area (Å²) in [6.07, 6.45) is 6.14. The number of piperazine rings is 1. The number of halogens is 3. The fourth-order valence-electron chi connectivity index (χ4n) is 12.0. The maximum atomic E-state index is 14.1. The number of fused-ring (bicyclic) bond motifs is 1. The number of likely N-dealkylation sites (tertiary alicyclic amines) is 2. The number of hydrogen-bond acceptors (Lipinski definition) is 19. The molecule has 524 valence electrons. The number of carbonyl (C=O) groups excluding carboxylic acids is 7. The van der Waals surface area contributed by atoms with Crippen LogP contribution in [0.15, 0.2) is 54.7 Å². The van der Waals surface area contributed by atoms with Crippen LogP contribution in [0.1, 0.15) is 86.6 Å². The number of ether oxygens (including phenoxy) is 1. The lowest BCUT2D eigenvalue weighted by Crippen LogP contribution is -2.50. The zero-order valence-corrected chi connectivity index (χ0v) is 57.0. The average Bonchev–Trinajstić information content (AvgIpc) is 1.31. The van der Waals surface area contributed by atoms with E-state index in [-0.39, 0.29) is 145 Å². The summed E-state index contributed by atoms with van der Waals surface area (Å²) in [5, 5.41) is 46.6. The minimum absolute atomic E-state index is 0.0415. The molecular weight excluding hydrogens is 1380 g/mol. The van der Waals surface area contributed by atoms with E-state index in [4.69, 9.17) is 4.74 Å². The van der Waals surface area contributed by atoms with Crippen molar-refractivity contribution >= 4 is 105 Å². The van der Waals surface area contributed by atoms with Crippen molar-refractivity contribution in [3.63, 3.8) is 0 Å². The molecule has 1 aromatic heterocycles. The number of carbonyl (C=O) groups is 10. The molecule has 4 aliphatic rings. The molecule has 4 fully saturated rings. The molecule has 0 spiro atoms. The van der Waals surface area contributed by atoms with E-state index in [9.17, 15) is 77.3 Å². The topological polar surface area (TPSA) is 339 Å². The van der Waals surface area contributed by atoms with Crippen molar-refractivity contribution in [3.05, 3.63) is 69.4 Å². The SMILES string of the molecule is N#C[C@H]1CC(F)(F)CN1C(=O)CNC(=O)c1ccnc2ccc(OCCCCN3CCN(C(=O)CCCN4C(=O)CC(SCC(CCCCNC(=O)CCCc5ccc(I)cc5)NC(=O)CN5CCN(CC(=O)O)CCN(CC(=O)O)CCN(CC(=O)O)CC5)C4=O)CC3)cc12. The van der Waals surface area contributed by atoms with E-state index in [1.807, 2.05) is 17.0 Å². The quantitative estimate of drug-likeness (QED) is 0.0284. The minimum Gasteiger partial charge on any atom is -0.494 e. The second-order valence-corrected chi connectivity index (χ2v) is 27.1. The summed E-state index contributed by atoms with van der Waals surface area (Å²) in [6.45, 7) is 3.34. The van der Waals surface area contributed by atoms with Gasteiger partial charge < -0.3 is 45.8 Å². The number of nitrogens with one attached hydrogen (secondary N) is 3. The van der Waals surface area contributed by atoms with Gasteiger partial charge in [0.1, 0.15) is 11.8 Å². The number of carboxylic acids is 3. The van der Waals surface area contributed by atoms with Gasteiger partial charge in [-0.05, 0) is 122 Å². The van der Waals surface area contributed by atoms with E-state index < -0.39 is 72.5 Å². The maximum absolute atomic E-state index is 14.1. The number of nitriles is 1. The molecule has 0 aliphatic carbocycles. The lowest BCUT2D eigenvalue weighted by molar-refractivity contribution is -0.140. The zero-order valence-electron chi connectivity index (χ0n) is 54.0. The van der Waals surface area contributed by atoms with Crippen LogP contribution in [0.5, 0.6) is 5.75 Å². The summed E-state index contributed by atoms with van der Waals surface area (Å²) >= 11 is 3.52. The number of aryl methyl sites for hydroxylation is 1. The van der Waals surface area contributed by atoms with Gasteiger partial charge in [-0.1, -0.05) is 12.1 Å². The predicted molar refractivity (Wildman–Crippen MR) is 359 cm³/mol. The van der Waals surface area contributed by atoms with Crippen molar-refractivity contribution < 1.29 is 76.8 Å². The fourth-order valence-corrected chi connectivity index (χ4v) is 13.6. The Hall–Kier alpha value is -7.22.